The van der Waals surface area contributed by atoms with E-state index in [1.807, 2.05) is 38.1 Å². The largest absolute Gasteiger partial charge is 0.308 e. The molecule has 0 radical (unpaired) electrons. The summed E-state index contributed by atoms with van der Waals surface area (Å²) in [4.78, 5) is 15.7. The Hall–Kier alpha value is -1.64. The molecule has 1 heterocycles. The Kier molecular flexibility index (Phi) is 3.61. The number of aryl methyl sites for hydroxylation is 2. The highest BCUT2D eigenvalue weighted by atomic mass is 16.1. The maximum absolute atomic E-state index is 11.5. The third-order valence-corrected chi connectivity index (χ3v) is 2.15. The van der Waals surface area contributed by atoms with Gasteiger partial charge in [-0.15, -0.1) is 0 Å². The van der Waals surface area contributed by atoms with Gasteiger partial charge in [-0.2, -0.15) is 0 Å². The molecule has 0 saturated carbocycles. The maximum atomic E-state index is 11.5. The van der Waals surface area contributed by atoms with E-state index in [0.717, 1.165) is 11.0 Å². The van der Waals surface area contributed by atoms with Crippen molar-refractivity contribution in [1.29, 1.82) is 0 Å². The van der Waals surface area contributed by atoms with Gasteiger partial charge in [-0.1, -0.05) is 26.0 Å². The Morgan fingerprint density at radius 2 is 1.80 bits per heavy atom. The molecule has 1 aromatic carbocycles. The number of aromatic nitrogens is 2. The average molecular weight is 204 g/mol. The van der Waals surface area contributed by atoms with Crippen LogP contribution in [0.3, 0.4) is 0 Å². The summed E-state index contributed by atoms with van der Waals surface area (Å²) in [5.74, 6) is 0. The molecule has 3 nitrogen and oxygen atoms in total. The summed E-state index contributed by atoms with van der Waals surface area (Å²) in [5.41, 5.74) is 2.25. The summed E-state index contributed by atoms with van der Waals surface area (Å²) in [6.07, 6.45) is 0. The number of hydrogen-bond acceptors (Lipinski definition) is 2. The first-order valence-corrected chi connectivity index (χ1v) is 5.12. The van der Waals surface area contributed by atoms with E-state index < -0.39 is 0 Å². The highest BCUT2D eigenvalue weighted by molar-refractivity contribution is 5.74. The van der Waals surface area contributed by atoms with Gasteiger partial charge in [0.15, 0.2) is 0 Å². The smallest absolute Gasteiger partial charge is 0.272 e. The Bertz CT molecular complexity index is 515. The Labute approximate surface area is 89.4 Å². The molecule has 2 aromatic rings. The molecule has 15 heavy (non-hydrogen) atoms. The summed E-state index contributed by atoms with van der Waals surface area (Å²) in [5, 5.41) is 0. The third-order valence-electron chi connectivity index (χ3n) is 2.15. The lowest BCUT2D eigenvalue weighted by molar-refractivity contribution is 0.872. The number of fused-ring (bicyclic) bond motifs is 1. The van der Waals surface area contributed by atoms with Crippen molar-refractivity contribution in [3.63, 3.8) is 0 Å². The minimum absolute atomic E-state index is 0.0290. The van der Waals surface area contributed by atoms with Gasteiger partial charge in [0.2, 0.25) is 0 Å². The molecule has 0 saturated heterocycles. The molecule has 0 aliphatic heterocycles. The molecule has 2 rings (SSSR count). The lowest BCUT2D eigenvalue weighted by atomic mass is 10.3. The van der Waals surface area contributed by atoms with E-state index in [4.69, 9.17) is 0 Å². The maximum Gasteiger partial charge on any atom is 0.272 e. The minimum Gasteiger partial charge on any atom is -0.308 e. The zero-order valence-corrected chi connectivity index (χ0v) is 9.61. The molecule has 1 aromatic heterocycles. The fourth-order valence-corrected chi connectivity index (χ4v) is 1.42. The van der Waals surface area contributed by atoms with Crippen LogP contribution in [-0.4, -0.2) is 9.55 Å². The van der Waals surface area contributed by atoms with Gasteiger partial charge in [0.25, 0.3) is 5.56 Å². The zero-order chi connectivity index (χ0) is 11.4. The Balaban J connectivity index is 0.000000531. The molecule has 0 fully saturated rings. The fourth-order valence-electron chi connectivity index (χ4n) is 1.42. The number of benzene rings is 1. The highest BCUT2D eigenvalue weighted by Gasteiger charge is 2.02. The molecular formula is C12H16N2O. The molecule has 0 atom stereocenters. The van der Waals surface area contributed by atoms with Crippen molar-refractivity contribution >= 4 is 11.0 Å². The van der Waals surface area contributed by atoms with E-state index >= 15 is 0 Å². The zero-order valence-electron chi connectivity index (χ0n) is 9.61. The predicted molar refractivity (Wildman–Crippen MR) is 63.1 cm³/mol. The molecule has 0 aliphatic rings. The second-order valence-corrected chi connectivity index (χ2v) is 3.05. The lowest BCUT2D eigenvalue weighted by Gasteiger charge is -2.04. The lowest BCUT2D eigenvalue weighted by Crippen LogP contribution is -2.20. The van der Waals surface area contributed by atoms with E-state index in [2.05, 4.69) is 4.98 Å². The monoisotopic (exact) mass is 204 g/mol. The average Bonchev–Trinajstić information content (AvgIpc) is 2.29. The fraction of sp³-hybridized carbons (Fsp3) is 0.333. The quantitative estimate of drug-likeness (QED) is 0.659. The summed E-state index contributed by atoms with van der Waals surface area (Å²) < 4.78 is 1.62. The van der Waals surface area contributed by atoms with Crippen LogP contribution in [0.25, 0.3) is 11.0 Å². The molecule has 0 bridgehead atoms. The van der Waals surface area contributed by atoms with E-state index in [9.17, 15) is 4.79 Å². The molecule has 0 amide bonds. The molecular weight excluding hydrogens is 188 g/mol. The van der Waals surface area contributed by atoms with Gasteiger partial charge in [0, 0.05) is 7.05 Å². The second kappa shape index (κ2) is 4.73. The number of hydrogen-bond donors (Lipinski definition) is 0. The number of para-hydroxylation sites is 2. The molecule has 0 N–H and O–H groups in total. The van der Waals surface area contributed by atoms with Gasteiger partial charge in [-0.3, -0.25) is 4.79 Å². The van der Waals surface area contributed by atoms with Crippen molar-refractivity contribution in [2.45, 2.75) is 20.8 Å². The minimum atomic E-state index is -0.0290. The van der Waals surface area contributed by atoms with Gasteiger partial charge in [-0.05, 0) is 19.1 Å². The van der Waals surface area contributed by atoms with Crippen LogP contribution in [0.15, 0.2) is 29.1 Å². The topological polar surface area (TPSA) is 34.9 Å². The van der Waals surface area contributed by atoms with Crippen LogP contribution in [0.1, 0.15) is 19.5 Å². The Morgan fingerprint density at radius 1 is 1.20 bits per heavy atom. The number of nitrogens with zero attached hydrogens (tertiary/aromatic N) is 2. The van der Waals surface area contributed by atoms with Crippen molar-refractivity contribution < 1.29 is 0 Å². The molecule has 80 valence electrons. The van der Waals surface area contributed by atoms with Crippen LogP contribution < -0.4 is 5.56 Å². The highest BCUT2D eigenvalue weighted by Crippen LogP contribution is 2.07. The van der Waals surface area contributed by atoms with E-state index in [1.165, 1.54) is 0 Å². The summed E-state index contributed by atoms with van der Waals surface area (Å²) >= 11 is 0. The van der Waals surface area contributed by atoms with Crippen LogP contribution in [0.4, 0.5) is 0 Å². The van der Waals surface area contributed by atoms with E-state index in [0.29, 0.717) is 5.69 Å². The first-order chi connectivity index (χ1) is 7.20. The second-order valence-electron chi connectivity index (χ2n) is 3.05. The number of rotatable bonds is 0. The SMILES string of the molecule is CC.Cc1nc2ccccc2n(C)c1=O. The molecule has 3 heteroatoms. The van der Waals surface area contributed by atoms with Gasteiger partial charge in [-0.25, -0.2) is 4.98 Å². The normalized spacial score (nSPS) is 9.60. The molecule has 0 aliphatic carbocycles. The van der Waals surface area contributed by atoms with Crippen molar-refractivity contribution in [2.75, 3.05) is 0 Å². The van der Waals surface area contributed by atoms with E-state index in [1.54, 1.807) is 18.5 Å². The van der Waals surface area contributed by atoms with Crippen molar-refractivity contribution in [3.05, 3.63) is 40.3 Å². The van der Waals surface area contributed by atoms with Gasteiger partial charge >= 0.3 is 0 Å². The molecule has 0 unspecified atom stereocenters. The Morgan fingerprint density at radius 3 is 2.47 bits per heavy atom. The van der Waals surface area contributed by atoms with Crippen molar-refractivity contribution in [2.24, 2.45) is 7.05 Å². The van der Waals surface area contributed by atoms with Crippen LogP contribution in [0.5, 0.6) is 0 Å². The standard InChI is InChI=1S/C10H10N2O.C2H6/c1-7-10(13)12(2)9-6-4-3-5-8(9)11-7;1-2/h3-6H,1-2H3;1-2H3. The summed E-state index contributed by atoms with van der Waals surface area (Å²) in [6, 6.07) is 7.61. The predicted octanol–water partition coefficient (Wildman–Crippen LogP) is 2.27. The van der Waals surface area contributed by atoms with Gasteiger partial charge in [0.1, 0.15) is 5.69 Å². The van der Waals surface area contributed by atoms with E-state index in [-0.39, 0.29) is 5.56 Å². The van der Waals surface area contributed by atoms with Crippen LogP contribution in [-0.2, 0) is 7.05 Å². The van der Waals surface area contributed by atoms with Crippen LogP contribution >= 0.6 is 0 Å². The third kappa shape index (κ3) is 2.06. The summed E-state index contributed by atoms with van der Waals surface area (Å²) in [6.45, 7) is 5.73. The van der Waals surface area contributed by atoms with Crippen LogP contribution in [0.2, 0.25) is 0 Å². The molecule has 0 spiro atoms. The van der Waals surface area contributed by atoms with Crippen LogP contribution in [0, 0.1) is 6.92 Å². The first kappa shape index (κ1) is 11.4. The van der Waals surface area contributed by atoms with Gasteiger partial charge < -0.3 is 4.57 Å². The first-order valence-electron chi connectivity index (χ1n) is 5.12. The van der Waals surface area contributed by atoms with Crippen molar-refractivity contribution in [3.8, 4) is 0 Å². The summed E-state index contributed by atoms with van der Waals surface area (Å²) in [7, 11) is 1.76. The van der Waals surface area contributed by atoms with Crippen molar-refractivity contribution in [1.82, 2.24) is 9.55 Å². The van der Waals surface area contributed by atoms with Gasteiger partial charge in [0.05, 0.1) is 11.0 Å².